The van der Waals surface area contributed by atoms with Crippen LogP contribution in [0.25, 0.3) is 0 Å². The highest BCUT2D eigenvalue weighted by atomic mass is 16.6. The first-order chi connectivity index (χ1) is 5.70. The summed E-state index contributed by atoms with van der Waals surface area (Å²) >= 11 is 0. The molecule has 3 nitrogen and oxygen atoms in total. The lowest BCUT2D eigenvalue weighted by molar-refractivity contribution is -0.161. The van der Waals surface area contributed by atoms with Gasteiger partial charge < -0.3 is 4.74 Å². The molecule has 12 heavy (non-hydrogen) atoms. The molecule has 0 radical (unpaired) electrons. The van der Waals surface area contributed by atoms with Gasteiger partial charge in [-0.05, 0) is 12.8 Å². The van der Waals surface area contributed by atoms with Crippen molar-refractivity contribution in [3.8, 4) is 0 Å². The molecule has 0 N–H and O–H groups in total. The Kier molecular flexibility index (Phi) is 3.26. The summed E-state index contributed by atoms with van der Waals surface area (Å²) < 4.78 is 4.51. The van der Waals surface area contributed by atoms with Crippen LogP contribution in [0.5, 0.6) is 0 Å². The van der Waals surface area contributed by atoms with Gasteiger partial charge >= 0.3 is 11.9 Å². The Labute approximate surface area is 72.1 Å². The van der Waals surface area contributed by atoms with Gasteiger partial charge in [-0.25, -0.2) is 0 Å². The second kappa shape index (κ2) is 4.24. The number of hydrogen-bond acceptors (Lipinski definition) is 3. The van der Waals surface area contributed by atoms with Crippen LogP contribution in [0.4, 0.5) is 0 Å². The minimum absolute atomic E-state index is 0.0253. The smallest absolute Gasteiger partial charge is 0.316 e. The van der Waals surface area contributed by atoms with E-state index in [4.69, 9.17) is 0 Å². The van der Waals surface area contributed by atoms with Crippen LogP contribution in [-0.4, -0.2) is 11.9 Å². The first-order valence-electron chi connectivity index (χ1n) is 4.42. The Bertz CT molecular complexity index is 180. The standard InChI is InChI=1S/C9H14O3/c1-7(10)12-9(11)8-5-3-2-4-6-8/h8H,2-6H2,1H3. The maximum Gasteiger partial charge on any atom is 0.316 e. The largest absolute Gasteiger partial charge is 0.393 e. The summed E-state index contributed by atoms with van der Waals surface area (Å²) in [5.74, 6) is -0.851. The van der Waals surface area contributed by atoms with E-state index in [2.05, 4.69) is 4.74 Å². The summed E-state index contributed by atoms with van der Waals surface area (Å²) in [6, 6.07) is 0. The lowest BCUT2D eigenvalue weighted by Crippen LogP contribution is -2.22. The van der Waals surface area contributed by atoms with Crippen molar-refractivity contribution in [2.75, 3.05) is 0 Å². The maximum absolute atomic E-state index is 11.2. The van der Waals surface area contributed by atoms with E-state index in [1.54, 1.807) is 0 Å². The number of carbonyl (C=O) groups excluding carboxylic acids is 2. The monoisotopic (exact) mass is 170 g/mol. The average Bonchev–Trinajstić information content (AvgIpc) is 2.05. The Morgan fingerprint density at radius 1 is 1.17 bits per heavy atom. The van der Waals surface area contributed by atoms with E-state index in [-0.39, 0.29) is 11.9 Å². The topological polar surface area (TPSA) is 43.4 Å². The molecule has 0 aromatic heterocycles. The molecule has 68 valence electrons. The van der Waals surface area contributed by atoms with E-state index in [9.17, 15) is 9.59 Å². The Balaban J connectivity index is 2.34. The van der Waals surface area contributed by atoms with Crippen molar-refractivity contribution in [2.45, 2.75) is 39.0 Å². The molecule has 1 rings (SSSR count). The molecular weight excluding hydrogens is 156 g/mol. The SMILES string of the molecule is CC(=O)OC(=O)C1CCCCC1. The molecule has 0 unspecified atom stereocenters. The summed E-state index contributed by atoms with van der Waals surface area (Å²) in [5.41, 5.74) is 0. The lowest BCUT2D eigenvalue weighted by atomic mass is 9.89. The molecule has 0 bridgehead atoms. The van der Waals surface area contributed by atoms with Gasteiger partial charge in [-0.1, -0.05) is 19.3 Å². The third-order valence-electron chi connectivity index (χ3n) is 2.18. The minimum atomic E-state index is -0.495. The van der Waals surface area contributed by atoms with Crippen LogP contribution in [0.1, 0.15) is 39.0 Å². The summed E-state index contributed by atoms with van der Waals surface area (Å²) in [4.78, 5) is 21.6. The molecule has 0 saturated heterocycles. The quantitative estimate of drug-likeness (QED) is 0.444. The van der Waals surface area contributed by atoms with Crippen LogP contribution < -0.4 is 0 Å². The van der Waals surface area contributed by atoms with Crippen LogP contribution in [0, 0.1) is 5.92 Å². The van der Waals surface area contributed by atoms with Crippen molar-refractivity contribution in [3.63, 3.8) is 0 Å². The van der Waals surface area contributed by atoms with Gasteiger partial charge in [-0.2, -0.15) is 0 Å². The maximum atomic E-state index is 11.2. The molecule has 0 aromatic carbocycles. The van der Waals surface area contributed by atoms with Gasteiger partial charge in [0.05, 0.1) is 5.92 Å². The number of hydrogen-bond donors (Lipinski definition) is 0. The first-order valence-corrected chi connectivity index (χ1v) is 4.42. The Hall–Kier alpha value is -0.860. The van der Waals surface area contributed by atoms with Gasteiger partial charge in [-0.3, -0.25) is 9.59 Å². The second-order valence-electron chi connectivity index (χ2n) is 3.25. The lowest BCUT2D eigenvalue weighted by Gasteiger charge is -2.18. The molecule has 1 saturated carbocycles. The van der Waals surface area contributed by atoms with Crippen LogP contribution in [0.3, 0.4) is 0 Å². The highest BCUT2D eigenvalue weighted by Gasteiger charge is 2.23. The fourth-order valence-electron chi connectivity index (χ4n) is 1.56. The van der Waals surface area contributed by atoms with E-state index in [0.717, 1.165) is 25.7 Å². The van der Waals surface area contributed by atoms with Crippen molar-refractivity contribution in [1.29, 1.82) is 0 Å². The van der Waals surface area contributed by atoms with Crippen molar-refractivity contribution in [1.82, 2.24) is 0 Å². The van der Waals surface area contributed by atoms with Gasteiger partial charge in [0.1, 0.15) is 0 Å². The number of esters is 2. The Morgan fingerprint density at radius 2 is 1.75 bits per heavy atom. The minimum Gasteiger partial charge on any atom is -0.393 e. The zero-order valence-corrected chi connectivity index (χ0v) is 7.34. The highest BCUT2D eigenvalue weighted by Crippen LogP contribution is 2.24. The molecule has 1 aliphatic carbocycles. The average molecular weight is 170 g/mol. The van der Waals surface area contributed by atoms with Gasteiger partial charge in [0, 0.05) is 6.92 Å². The van der Waals surface area contributed by atoms with E-state index >= 15 is 0 Å². The van der Waals surface area contributed by atoms with Gasteiger partial charge in [0.2, 0.25) is 0 Å². The second-order valence-corrected chi connectivity index (χ2v) is 3.25. The molecule has 0 amide bonds. The van der Waals surface area contributed by atoms with Crippen LogP contribution in [-0.2, 0) is 14.3 Å². The molecule has 0 spiro atoms. The van der Waals surface area contributed by atoms with E-state index in [0.29, 0.717) is 0 Å². The zero-order valence-electron chi connectivity index (χ0n) is 7.34. The third kappa shape index (κ3) is 2.64. The molecule has 0 atom stereocenters. The predicted octanol–water partition coefficient (Wildman–Crippen LogP) is 1.66. The highest BCUT2D eigenvalue weighted by molar-refractivity contribution is 5.85. The summed E-state index contributed by atoms with van der Waals surface area (Å²) in [6.07, 6.45) is 5.12. The van der Waals surface area contributed by atoms with Crippen molar-refractivity contribution in [3.05, 3.63) is 0 Å². The molecule has 1 fully saturated rings. The molecule has 0 aliphatic heterocycles. The summed E-state index contributed by atoms with van der Waals surface area (Å²) in [7, 11) is 0. The first kappa shape index (κ1) is 9.23. The van der Waals surface area contributed by atoms with Crippen LogP contribution >= 0.6 is 0 Å². The predicted molar refractivity (Wildman–Crippen MR) is 43.3 cm³/mol. The zero-order chi connectivity index (χ0) is 8.97. The number of ether oxygens (including phenoxy) is 1. The summed E-state index contributed by atoms with van der Waals surface area (Å²) in [5, 5.41) is 0. The molecular formula is C9H14O3. The van der Waals surface area contributed by atoms with Gasteiger partial charge in [0.25, 0.3) is 0 Å². The van der Waals surface area contributed by atoms with E-state index < -0.39 is 5.97 Å². The fraction of sp³-hybridized carbons (Fsp3) is 0.778. The van der Waals surface area contributed by atoms with Crippen molar-refractivity contribution >= 4 is 11.9 Å². The van der Waals surface area contributed by atoms with E-state index in [1.807, 2.05) is 0 Å². The normalized spacial score (nSPS) is 18.8. The van der Waals surface area contributed by atoms with Crippen LogP contribution in [0.15, 0.2) is 0 Å². The number of rotatable bonds is 1. The van der Waals surface area contributed by atoms with Gasteiger partial charge in [0.15, 0.2) is 0 Å². The van der Waals surface area contributed by atoms with Crippen LogP contribution in [0.2, 0.25) is 0 Å². The van der Waals surface area contributed by atoms with Gasteiger partial charge in [-0.15, -0.1) is 0 Å². The van der Waals surface area contributed by atoms with Crippen molar-refractivity contribution in [2.24, 2.45) is 5.92 Å². The third-order valence-corrected chi connectivity index (χ3v) is 2.18. The van der Waals surface area contributed by atoms with Crippen molar-refractivity contribution < 1.29 is 14.3 Å². The molecule has 3 heteroatoms. The Morgan fingerprint density at radius 3 is 2.25 bits per heavy atom. The molecule has 1 aliphatic rings. The molecule has 0 aromatic rings. The fourth-order valence-corrected chi connectivity index (χ4v) is 1.56. The molecule has 0 heterocycles. The van der Waals surface area contributed by atoms with E-state index in [1.165, 1.54) is 13.3 Å². The number of carbonyl (C=O) groups is 2. The summed E-state index contributed by atoms with van der Waals surface area (Å²) in [6.45, 7) is 1.26.